The molecule has 0 bridgehead atoms. The van der Waals surface area contributed by atoms with Crippen molar-refractivity contribution < 1.29 is 9.53 Å². The zero-order valence-corrected chi connectivity index (χ0v) is 15.5. The average Bonchev–Trinajstić information content (AvgIpc) is 2.68. The summed E-state index contributed by atoms with van der Waals surface area (Å²) in [5.41, 5.74) is 3.03. The second-order valence-electron chi connectivity index (χ2n) is 6.09. The highest BCUT2D eigenvalue weighted by molar-refractivity contribution is 7.97. The molecule has 0 spiro atoms. The van der Waals surface area contributed by atoms with Crippen molar-refractivity contribution in [1.82, 2.24) is 10.2 Å². The molecule has 3 rings (SSSR count). The summed E-state index contributed by atoms with van der Waals surface area (Å²) < 4.78 is 5.51. The van der Waals surface area contributed by atoms with Crippen LogP contribution in [0.4, 0.5) is 0 Å². The van der Waals surface area contributed by atoms with E-state index in [2.05, 4.69) is 11.6 Å². The Kier molecular flexibility index (Phi) is 6.00. The number of carbonyl (C=O) groups is 1. The van der Waals surface area contributed by atoms with Gasteiger partial charge in [0.2, 0.25) is 0 Å². The molecule has 0 aliphatic carbocycles. The standard InChI is InChI=1S/C20H24N2O2S/c1-24-19-6-4-3-5-17(19)18-13-21-11-12-22(18)20(23)16-9-7-15(8-10-16)14-25-2/h3-10,18,21H,11-14H2,1-2H3. The third-order valence-electron chi connectivity index (χ3n) is 4.51. The van der Waals surface area contributed by atoms with Gasteiger partial charge in [-0.3, -0.25) is 4.79 Å². The summed E-state index contributed by atoms with van der Waals surface area (Å²) in [5.74, 6) is 1.86. The molecule has 0 saturated carbocycles. The Morgan fingerprint density at radius 2 is 2.00 bits per heavy atom. The van der Waals surface area contributed by atoms with Crippen LogP contribution in [0.2, 0.25) is 0 Å². The number of ether oxygens (including phenoxy) is 1. The number of amides is 1. The van der Waals surface area contributed by atoms with Crippen molar-refractivity contribution in [3.63, 3.8) is 0 Å². The van der Waals surface area contributed by atoms with Crippen molar-refractivity contribution in [2.45, 2.75) is 11.8 Å². The van der Waals surface area contributed by atoms with E-state index in [0.717, 1.165) is 35.7 Å². The largest absolute Gasteiger partial charge is 0.496 e. The summed E-state index contributed by atoms with van der Waals surface area (Å²) in [7, 11) is 1.67. The number of carbonyl (C=O) groups excluding carboxylic acids is 1. The number of hydrogen-bond acceptors (Lipinski definition) is 4. The molecule has 0 radical (unpaired) electrons. The van der Waals surface area contributed by atoms with E-state index in [4.69, 9.17) is 4.74 Å². The van der Waals surface area contributed by atoms with E-state index in [1.54, 1.807) is 18.9 Å². The molecule has 5 heteroatoms. The van der Waals surface area contributed by atoms with Crippen LogP contribution in [0.3, 0.4) is 0 Å². The Balaban J connectivity index is 1.86. The first-order chi connectivity index (χ1) is 12.2. The monoisotopic (exact) mass is 356 g/mol. The van der Waals surface area contributed by atoms with Gasteiger partial charge in [-0.25, -0.2) is 0 Å². The topological polar surface area (TPSA) is 41.6 Å². The van der Waals surface area contributed by atoms with Crippen molar-refractivity contribution in [3.8, 4) is 5.75 Å². The lowest BCUT2D eigenvalue weighted by molar-refractivity contribution is 0.0631. The fourth-order valence-electron chi connectivity index (χ4n) is 3.24. The minimum absolute atomic E-state index is 0.0247. The van der Waals surface area contributed by atoms with Gasteiger partial charge in [0.1, 0.15) is 5.75 Å². The first-order valence-electron chi connectivity index (χ1n) is 8.47. The summed E-state index contributed by atoms with van der Waals surface area (Å²) in [6.07, 6.45) is 2.08. The van der Waals surface area contributed by atoms with Gasteiger partial charge >= 0.3 is 0 Å². The van der Waals surface area contributed by atoms with Crippen LogP contribution in [-0.2, 0) is 5.75 Å². The molecule has 1 unspecified atom stereocenters. The van der Waals surface area contributed by atoms with E-state index >= 15 is 0 Å². The number of thioether (sulfide) groups is 1. The number of nitrogens with one attached hydrogen (secondary N) is 1. The Hall–Kier alpha value is -1.98. The fourth-order valence-corrected chi connectivity index (χ4v) is 3.77. The van der Waals surface area contributed by atoms with Crippen molar-refractivity contribution in [1.29, 1.82) is 0 Å². The third-order valence-corrected chi connectivity index (χ3v) is 5.14. The molecule has 0 aromatic heterocycles. The normalized spacial score (nSPS) is 17.4. The lowest BCUT2D eigenvalue weighted by Gasteiger charge is -2.37. The molecule has 1 N–H and O–H groups in total. The number of benzene rings is 2. The lowest BCUT2D eigenvalue weighted by Crippen LogP contribution is -2.48. The van der Waals surface area contributed by atoms with Gasteiger partial charge < -0.3 is 15.0 Å². The highest BCUT2D eigenvalue weighted by atomic mass is 32.2. The van der Waals surface area contributed by atoms with Gasteiger partial charge in [-0.15, -0.1) is 0 Å². The van der Waals surface area contributed by atoms with Crippen molar-refractivity contribution in [2.24, 2.45) is 0 Å². The van der Waals surface area contributed by atoms with Gasteiger partial charge in [0.25, 0.3) is 5.91 Å². The number of methoxy groups -OCH3 is 1. The van der Waals surface area contributed by atoms with Crippen molar-refractivity contribution >= 4 is 17.7 Å². The van der Waals surface area contributed by atoms with Crippen molar-refractivity contribution in [2.75, 3.05) is 33.0 Å². The van der Waals surface area contributed by atoms with E-state index in [0.29, 0.717) is 6.54 Å². The Bertz CT molecular complexity index is 718. The van der Waals surface area contributed by atoms with Crippen LogP contribution in [0.5, 0.6) is 5.75 Å². The van der Waals surface area contributed by atoms with Gasteiger partial charge in [0.15, 0.2) is 0 Å². The molecule has 1 heterocycles. The van der Waals surface area contributed by atoms with E-state index < -0.39 is 0 Å². The molecule has 1 aliphatic rings. The minimum atomic E-state index is -0.0247. The van der Waals surface area contributed by atoms with Crippen LogP contribution in [0.1, 0.15) is 27.5 Å². The smallest absolute Gasteiger partial charge is 0.254 e. The number of rotatable bonds is 5. The Labute approximate surface area is 153 Å². The maximum atomic E-state index is 13.1. The second-order valence-corrected chi connectivity index (χ2v) is 6.96. The van der Waals surface area contributed by atoms with Crippen molar-refractivity contribution in [3.05, 3.63) is 65.2 Å². The summed E-state index contributed by atoms with van der Waals surface area (Å²) in [4.78, 5) is 15.1. The summed E-state index contributed by atoms with van der Waals surface area (Å²) in [6.45, 7) is 2.23. The number of piperazine rings is 1. The zero-order chi connectivity index (χ0) is 17.6. The van der Waals surface area contributed by atoms with E-state index in [1.165, 1.54) is 5.56 Å². The average molecular weight is 356 g/mol. The van der Waals surface area contributed by atoms with Crippen LogP contribution in [0, 0.1) is 0 Å². The lowest BCUT2D eigenvalue weighted by atomic mass is 10.0. The molecule has 2 aromatic carbocycles. The van der Waals surface area contributed by atoms with Crippen LogP contribution in [-0.4, -0.2) is 43.8 Å². The van der Waals surface area contributed by atoms with E-state index in [1.807, 2.05) is 53.4 Å². The predicted octanol–water partition coefficient (Wildman–Crippen LogP) is 3.34. The molecular weight excluding hydrogens is 332 g/mol. The van der Waals surface area contributed by atoms with E-state index in [-0.39, 0.29) is 11.9 Å². The number of para-hydroxylation sites is 1. The summed E-state index contributed by atoms with van der Waals surface area (Å²) >= 11 is 1.78. The number of nitrogens with zero attached hydrogens (tertiary/aromatic N) is 1. The molecule has 1 aliphatic heterocycles. The molecule has 1 atom stereocenters. The maximum absolute atomic E-state index is 13.1. The molecule has 2 aromatic rings. The van der Waals surface area contributed by atoms with Crippen LogP contribution in [0.25, 0.3) is 0 Å². The van der Waals surface area contributed by atoms with E-state index in [9.17, 15) is 4.79 Å². The molecule has 1 saturated heterocycles. The first-order valence-corrected chi connectivity index (χ1v) is 9.86. The summed E-state index contributed by atoms with van der Waals surface area (Å²) in [5, 5.41) is 3.39. The minimum Gasteiger partial charge on any atom is -0.496 e. The SMILES string of the molecule is COc1ccccc1C1CNCCN1C(=O)c1ccc(CSC)cc1. The second kappa shape index (κ2) is 8.41. The van der Waals surface area contributed by atoms with Gasteiger partial charge in [-0.05, 0) is 30.0 Å². The Morgan fingerprint density at radius 3 is 2.72 bits per heavy atom. The molecule has 4 nitrogen and oxygen atoms in total. The quantitative estimate of drug-likeness (QED) is 0.892. The molecule has 132 valence electrons. The van der Waals surface area contributed by atoms with Crippen LogP contribution < -0.4 is 10.1 Å². The van der Waals surface area contributed by atoms with Gasteiger partial charge in [0.05, 0.1) is 13.2 Å². The van der Waals surface area contributed by atoms with Gasteiger partial charge in [0, 0.05) is 36.5 Å². The van der Waals surface area contributed by atoms with Crippen LogP contribution >= 0.6 is 11.8 Å². The molecular formula is C20H24N2O2S. The van der Waals surface area contributed by atoms with Gasteiger partial charge in [-0.2, -0.15) is 11.8 Å². The Morgan fingerprint density at radius 1 is 1.24 bits per heavy atom. The van der Waals surface area contributed by atoms with Crippen LogP contribution in [0.15, 0.2) is 48.5 Å². The summed E-state index contributed by atoms with van der Waals surface area (Å²) in [6, 6.07) is 15.9. The first kappa shape index (κ1) is 17.8. The fraction of sp³-hybridized carbons (Fsp3) is 0.350. The highest BCUT2D eigenvalue weighted by Gasteiger charge is 2.30. The number of hydrogen-bond donors (Lipinski definition) is 1. The molecule has 1 amide bonds. The molecule has 1 fully saturated rings. The van der Waals surface area contributed by atoms with Gasteiger partial charge in [-0.1, -0.05) is 30.3 Å². The highest BCUT2D eigenvalue weighted by Crippen LogP contribution is 2.31. The molecule has 25 heavy (non-hydrogen) atoms. The predicted molar refractivity (Wildman–Crippen MR) is 103 cm³/mol. The maximum Gasteiger partial charge on any atom is 0.254 e. The zero-order valence-electron chi connectivity index (χ0n) is 14.7. The third kappa shape index (κ3) is 3.99.